The van der Waals surface area contributed by atoms with Gasteiger partial charge in [0.25, 0.3) is 0 Å². The number of likely N-dealkylation sites (tertiary alicyclic amines) is 1. The summed E-state index contributed by atoms with van der Waals surface area (Å²) in [6.45, 7) is 3.88. The van der Waals surface area contributed by atoms with Gasteiger partial charge >= 0.3 is 6.03 Å². The highest BCUT2D eigenvalue weighted by molar-refractivity contribution is 7.11. The van der Waals surface area contributed by atoms with Gasteiger partial charge in [-0.2, -0.15) is 0 Å². The Kier molecular flexibility index (Phi) is 4.61. The van der Waals surface area contributed by atoms with Gasteiger partial charge in [0.15, 0.2) is 0 Å². The summed E-state index contributed by atoms with van der Waals surface area (Å²) in [5.41, 5.74) is 0. The van der Waals surface area contributed by atoms with E-state index in [4.69, 9.17) is 0 Å². The van der Waals surface area contributed by atoms with Gasteiger partial charge in [-0.1, -0.05) is 6.92 Å². The average molecular weight is 322 g/mol. The number of thiazole rings is 1. The number of nitrogens with one attached hydrogen (secondary N) is 2. The van der Waals surface area contributed by atoms with Crippen LogP contribution in [0, 0.1) is 5.92 Å². The van der Waals surface area contributed by atoms with Crippen molar-refractivity contribution in [1.82, 2.24) is 20.5 Å². The Morgan fingerprint density at radius 1 is 1.45 bits per heavy atom. The summed E-state index contributed by atoms with van der Waals surface area (Å²) in [7, 11) is 0. The van der Waals surface area contributed by atoms with E-state index >= 15 is 0 Å². The quantitative estimate of drug-likeness (QED) is 0.834. The van der Waals surface area contributed by atoms with Crippen LogP contribution in [0.2, 0.25) is 0 Å². The lowest BCUT2D eigenvalue weighted by Gasteiger charge is -2.15. The molecule has 1 aromatic rings. The van der Waals surface area contributed by atoms with E-state index in [2.05, 4.69) is 22.5 Å². The van der Waals surface area contributed by atoms with Gasteiger partial charge in [0.05, 0.1) is 6.54 Å². The molecule has 3 amide bonds. The Bertz CT molecular complexity index is 555. The number of carbonyl (C=O) groups excluding carboxylic acids is 2. The highest BCUT2D eigenvalue weighted by Crippen LogP contribution is 2.32. The van der Waals surface area contributed by atoms with Crippen molar-refractivity contribution in [3.8, 4) is 0 Å². The van der Waals surface area contributed by atoms with Crippen molar-refractivity contribution in [2.75, 3.05) is 13.1 Å². The van der Waals surface area contributed by atoms with Crippen LogP contribution in [0.1, 0.15) is 36.1 Å². The second-order valence-corrected chi connectivity index (χ2v) is 7.18. The number of aryl methyl sites for hydroxylation is 1. The Labute approximate surface area is 134 Å². The van der Waals surface area contributed by atoms with Crippen LogP contribution in [0.25, 0.3) is 0 Å². The summed E-state index contributed by atoms with van der Waals surface area (Å²) in [5.74, 6) is 0.481. The zero-order chi connectivity index (χ0) is 15.5. The largest absolute Gasteiger partial charge is 0.339 e. The van der Waals surface area contributed by atoms with Gasteiger partial charge in [-0.05, 0) is 19.3 Å². The van der Waals surface area contributed by atoms with E-state index in [1.807, 2.05) is 11.1 Å². The molecule has 1 atom stereocenters. The predicted molar refractivity (Wildman–Crippen MR) is 84.6 cm³/mol. The van der Waals surface area contributed by atoms with E-state index < -0.39 is 0 Å². The van der Waals surface area contributed by atoms with Crippen LogP contribution >= 0.6 is 11.3 Å². The molecule has 0 aromatic carbocycles. The molecule has 22 heavy (non-hydrogen) atoms. The first-order chi connectivity index (χ1) is 10.7. The highest BCUT2D eigenvalue weighted by atomic mass is 32.1. The molecule has 1 saturated heterocycles. The number of amides is 3. The van der Waals surface area contributed by atoms with Crippen LogP contribution in [0.4, 0.5) is 4.79 Å². The van der Waals surface area contributed by atoms with Gasteiger partial charge in [-0.3, -0.25) is 4.79 Å². The minimum absolute atomic E-state index is 0.189. The van der Waals surface area contributed by atoms with Crippen molar-refractivity contribution >= 4 is 23.3 Å². The first-order valence-corrected chi connectivity index (χ1v) is 8.72. The van der Waals surface area contributed by atoms with Crippen LogP contribution in [0.15, 0.2) is 6.20 Å². The van der Waals surface area contributed by atoms with Gasteiger partial charge in [0.1, 0.15) is 5.01 Å². The van der Waals surface area contributed by atoms with Crippen molar-refractivity contribution in [2.24, 2.45) is 5.92 Å². The summed E-state index contributed by atoms with van der Waals surface area (Å²) >= 11 is 1.62. The second-order valence-electron chi connectivity index (χ2n) is 5.98. The molecule has 7 heteroatoms. The fourth-order valence-corrected chi connectivity index (χ4v) is 3.54. The number of urea groups is 1. The van der Waals surface area contributed by atoms with Crippen molar-refractivity contribution in [1.29, 1.82) is 0 Å². The number of carbonyl (C=O) groups is 2. The van der Waals surface area contributed by atoms with Gasteiger partial charge in [0, 0.05) is 42.5 Å². The maximum absolute atomic E-state index is 11.8. The van der Waals surface area contributed by atoms with Crippen molar-refractivity contribution in [3.05, 3.63) is 16.1 Å². The first kappa shape index (κ1) is 15.3. The molecule has 0 bridgehead atoms. The molecule has 120 valence electrons. The van der Waals surface area contributed by atoms with Crippen molar-refractivity contribution < 1.29 is 9.59 Å². The summed E-state index contributed by atoms with van der Waals surface area (Å²) < 4.78 is 0. The van der Waals surface area contributed by atoms with Crippen molar-refractivity contribution in [2.45, 2.75) is 45.2 Å². The van der Waals surface area contributed by atoms with Crippen LogP contribution in [-0.2, 0) is 17.8 Å². The van der Waals surface area contributed by atoms with Crippen LogP contribution in [0.3, 0.4) is 0 Å². The molecule has 2 N–H and O–H groups in total. The standard InChI is InChI=1S/C15H22N4O2S/c1-2-12-7-16-13(22-12)8-18-15(21)17-6-10-5-14(20)19(9-10)11-3-4-11/h7,10-11H,2-6,8-9H2,1H3,(H2,17,18,21)/t10-/m0/s1. The summed E-state index contributed by atoms with van der Waals surface area (Å²) in [6, 6.07) is 0.287. The summed E-state index contributed by atoms with van der Waals surface area (Å²) in [5, 5.41) is 6.60. The average Bonchev–Trinajstić information content (AvgIpc) is 3.13. The maximum atomic E-state index is 11.8. The fourth-order valence-electron chi connectivity index (χ4n) is 2.73. The minimum Gasteiger partial charge on any atom is -0.339 e. The van der Waals surface area contributed by atoms with Gasteiger partial charge in [0.2, 0.25) is 5.91 Å². The third kappa shape index (κ3) is 3.76. The van der Waals surface area contributed by atoms with Crippen LogP contribution in [-0.4, -0.2) is 41.0 Å². The van der Waals surface area contributed by atoms with E-state index in [0.717, 1.165) is 30.8 Å². The van der Waals surface area contributed by atoms with E-state index in [0.29, 0.717) is 25.6 Å². The SMILES string of the molecule is CCc1cnc(CNC(=O)NC[C@@H]2CC(=O)N(C3CC3)C2)s1. The lowest BCUT2D eigenvalue weighted by Crippen LogP contribution is -2.38. The summed E-state index contributed by atoms with van der Waals surface area (Å²) in [6.07, 6.45) is 5.66. The zero-order valence-electron chi connectivity index (χ0n) is 12.8. The van der Waals surface area contributed by atoms with Gasteiger partial charge in [-0.15, -0.1) is 11.3 Å². The molecular weight excluding hydrogens is 300 g/mol. The molecule has 0 radical (unpaired) electrons. The van der Waals surface area contributed by atoms with E-state index in [1.54, 1.807) is 11.3 Å². The van der Waals surface area contributed by atoms with E-state index in [9.17, 15) is 9.59 Å². The number of aromatic nitrogens is 1. The molecule has 6 nitrogen and oxygen atoms in total. The Hall–Kier alpha value is -1.63. The molecule has 0 spiro atoms. The topological polar surface area (TPSA) is 74.3 Å². The molecule has 2 fully saturated rings. The fraction of sp³-hybridized carbons (Fsp3) is 0.667. The minimum atomic E-state index is -0.189. The molecule has 3 rings (SSSR count). The third-order valence-electron chi connectivity index (χ3n) is 4.13. The Balaban J connectivity index is 1.36. The molecule has 2 aliphatic rings. The van der Waals surface area contributed by atoms with Gasteiger partial charge in [-0.25, -0.2) is 9.78 Å². The number of hydrogen-bond donors (Lipinski definition) is 2. The van der Waals surface area contributed by atoms with Crippen LogP contribution < -0.4 is 10.6 Å². The second kappa shape index (κ2) is 6.64. The van der Waals surface area contributed by atoms with E-state index in [-0.39, 0.29) is 17.9 Å². The Morgan fingerprint density at radius 2 is 2.27 bits per heavy atom. The molecule has 2 heterocycles. The number of rotatable bonds is 6. The Morgan fingerprint density at radius 3 is 2.95 bits per heavy atom. The molecular formula is C15H22N4O2S. The predicted octanol–water partition coefficient (Wildman–Crippen LogP) is 1.52. The first-order valence-electron chi connectivity index (χ1n) is 7.90. The summed E-state index contributed by atoms with van der Waals surface area (Å²) in [4.78, 5) is 31.1. The third-order valence-corrected chi connectivity index (χ3v) is 5.27. The smallest absolute Gasteiger partial charge is 0.315 e. The normalized spacial score (nSPS) is 21.2. The van der Waals surface area contributed by atoms with Crippen molar-refractivity contribution in [3.63, 3.8) is 0 Å². The van der Waals surface area contributed by atoms with Gasteiger partial charge < -0.3 is 15.5 Å². The highest BCUT2D eigenvalue weighted by Gasteiger charge is 2.39. The lowest BCUT2D eigenvalue weighted by atomic mass is 10.1. The monoisotopic (exact) mass is 322 g/mol. The molecule has 1 aromatic heterocycles. The molecule has 1 saturated carbocycles. The number of nitrogens with zero attached hydrogens (tertiary/aromatic N) is 2. The van der Waals surface area contributed by atoms with Crippen LogP contribution in [0.5, 0.6) is 0 Å². The zero-order valence-corrected chi connectivity index (χ0v) is 13.6. The number of hydrogen-bond acceptors (Lipinski definition) is 4. The van der Waals surface area contributed by atoms with E-state index in [1.165, 1.54) is 4.88 Å². The maximum Gasteiger partial charge on any atom is 0.315 e. The molecule has 1 aliphatic carbocycles. The molecule has 0 unspecified atom stereocenters. The molecule has 1 aliphatic heterocycles. The lowest BCUT2D eigenvalue weighted by molar-refractivity contribution is -0.128.